The molecule has 108 valence electrons. The molecule has 2 amide bonds. The van der Waals surface area contributed by atoms with Crippen LogP contribution in [0.5, 0.6) is 0 Å². The molecule has 0 atom stereocenters. The molecule has 0 saturated heterocycles. The first-order valence-corrected chi connectivity index (χ1v) is 6.41. The average molecular weight is 306 g/mol. The van der Waals surface area contributed by atoms with Gasteiger partial charge in [0.15, 0.2) is 0 Å². The van der Waals surface area contributed by atoms with Gasteiger partial charge >= 0.3 is 12.0 Å². The Morgan fingerprint density at radius 2 is 2.00 bits per heavy atom. The zero-order valence-corrected chi connectivity index (χ0v) is 11.6. The Morgan fingerprint density at radius 3 is 2.71 bits per heavy atom. The van der Waals surface area contributed by atoms with E-state index in [-0.39, 0.29) is 12.1 Å². The highest BCUT2D eigenvalue weighted by atomic mass is 35.5. The standard InChI is InChI=1S/C14H12ClN3O3/c15-11-3-1-2-4-12(11)18-14(21)17-8-10-7-9(13(19)20)5-6-16-10/h1-7H,8H2,(H,19,20)(H2,17,18,21). The number of benzene rings is 1. The molecule has 0 bridgehead atoms. The third-order valence-corrected chi connectivity index (χ3v) is 2.95. The molecule has 7 heteroatoms. The van der Waals surface area contributed by atoms with Crippen molar-refractivity contribution in [3.05, 3.63) is 58.9 Å². The van der Waals surface area contributed by atoms with E-state index in [1.54, 1.807) is 24.3 Å². The third kappa shape index (κ3) is 4.19. The largest absolute Gasteiger partial charge is 0.478 e. The second kappa shape index (κ2) is 6.71. The van der Waals surface area contributed by atoms with Gasteiger partial charge in [0.25, 0.3) is 0 Å². The molecule has 0 unspecified atom stereocenters. The summed E-state index contributed by atoms with van der Waals surface area (Å²) in [5.74, 6) is -1.04. The van der Waals surface area contributed by atoms with Crippen molar-refractivity contribution in [2.45, 2.75) is 6.54 Å². The average Bonchev–Trinajstić information content (AvgIpc) is 2.48. The number of carbonyl (C=O) groups excluding carboxylic acids is 1. The lowest BCUT2D eigenvalue weighted by Gasteiger charge is -2.08. The van der Waals surface area contributed by atoms with Crippen LogP contribution in [-0.4, -0.2) is 22.1 Å². The highest BCUT2D eigenvalue weighted by Crippen LogP contribution is 2.20. The summed E-state index contributed by atoms with van der Waals surface area (Å²) in [6.45, 7) is 0.109. The lowest BCUT2D eigenvalue weighted by Crippen LogP contribution is -2.28. The van der Waals surface area contributed by atoms with E-state index >= 15 is 0 Å². The fraction of sp³-hybridized carbons (Fsp3) is 0.0714. The molecule has 0 aliphatic rings. The molecular weight excluding hydrogens is 294 g/mol. The van der Waals surface area contributed by atoms with Crippen LogP contribution in [0.15, 0.2) is 42.6 Å². The third-order valence-electron chi connectivity index (χ3n) is 2.62. The normalized spacial score (nSPS) is 9.95. The van der Waals surface area contributed by atoms with Crippen LogP contribution in [0.1, 0.15) is 16.1 Å². The van der Waals surface area contributed by atoms with Crippen LogP contribution < -0.4 is 10.6 Å². The molecule has 0 fully saturated rings. The Balaban J connectivity index is 1.94. The monoisotopic (exact) mass is 305 g/mol. The van der Waals surface area contributed by atoms with E-state index in [0.29, 0.717) is 16.4 Å². The number of hydrogen-bond acceptors (Lipinski definition) is 3. The number of nitrogens with one attached hydrogen (secondary N) is 2. The van der Waals surface area contributed by atoms with Crippen LogP contribution in [0.3, 0.4) is 0 Å². The zero-order chi connectivity index (χ0) is 15.2. The molecule has 0 spiro atoms. The van der Waals surface area contributed by atoms with Gasteiger partial charge in [0.05, 0.1) is 28.5 Å². The van der Waals surface area contributed by atoms with E-state index in [1.807, 2.05) is 0 Å². The van der Waals surface area contributed by atoms with Gasteiger partial charge in [-0.1, -0.05) is 23.7 Å². The topological polar surface area (TPSA) is 91.3 Å². The van der Waals surface area contributed by atoms with Crippen molar-refractivity contribution in [2.24, 2.45) is 0 Å². The number of carbonyl (C=O) groups is 2. The Labute approximate surface area is 125 Å². The molecule has 6 nitrogen and oxygen atoms in total. The van der Waals surface area contributed by atoms with Crippen LogP contribution in [0.25, 0.3) is 0 Å². The van der Waals surface area contributed by atoms with E-state index < -0.39 is 12.0 Å². The van der Waals surface area contributed by atoms with Gasteiger partial charge in [-0.05, 0) is 24.3 Å². The molecular formula is C14H12ClN3O3. The van der Waals surface area contributed by atoms with Gasteiger partial charge in [0.2, 0.25) is 0 Å². The molecule has 21 heavy (non-hydrogen) atoms. The highest BCUT2D eigenvalue weighted by Gasteiger charge is 2.07. The maximum atomic E-state index is 11.7. The number of carboxylic acids is 1. The first-order valence-electron chi connectivity index (χ1n) is 6.04. The summed E-state index contributed by atoms with van der Waals surface area (Å²) in [7, 11) is 0. The Hall–Kier alpha value is -2.60. The summed E-state index contributed by atoms with van der Waals surface area (Å²) < 4.78 is 0. The molecule has 0 aliphatic carbocycles. The Kier molecular flexibility index (Phi) is 4.73. The van der Waals surface area contributed by atoms with Crippen LogP contribution in [0, 0.1) is 0 Å². The van der Waals surface area contributed by atoms with E-state index in [0.717, 1.165) is 0 Å². The first-order chi connectivity index (χ1) is 10.1. The minimum Gasteiger partial charge on any atom is -0.478 e. The Bertz CT molecular complexity index is 676. The number of aromatic carboxylic acids is 1. The number of urea groups is 1. The number of halogens is 1. The minimum atomic E-state index is -1.04. The van der Waals surface area contributed by atoms with Crippen molar-refractivity contribution < 1.29 is 14.7 Å². The van der Waals surface area contributed by atoms with Crippen molar-refractivity contribution in [2.75, 3.05) is 5.32 Å². The van der Waals surface area contributed by atoms with Crippen molar-refractivity contribution in [3.8, 4) is 0 Å². The molecule has 0 aliphatic heterocycles. The number of carboxylic acid groups (broad SMARTS) is 1. The molecule has 1 aromatic heterocycles. The summed E-state index contributed by atoms with van der Waals surface area (Å²) in [4.78, 5) is 26.5. The second-order valence-corrected chi connectivity index (χ2v) is 4.54. The highest BCUT2D eigenvalue weighted by molar-refractivity contribution is 6.33. The molecule has 0 saturated carbocycles. The fourth-order valence-electron chi connectivity index (χ4n) is 1.61. The number of aromatic nitrogens is 1. The lowest BCUT2D eigenvalue weighted by molar-refractivity contribution is 0.0696. The maximum Gasteiger partial charge on any atom is 0.335 e. The lowest BCUT2D eigenvalue weighted by atomic mass is 10.2. The second-order valence-electron chi connectivity index (χ2n) is 4.13. The van der Waals surface area contributed by atoms with Gasteiger partial charge in [-0.3, -0.25) is 4.98 Å². The fourth-order valence-corrected chi connectivity index (χ4v) is 1.79. The summed E-state index contributed by atoms with van der Waals surface area (Å²) in [6, 6.07) is 9.17. The zero-order valence-electron chi connectivity index (χ0n) is 10.8. The summed E-state index contributed by atoms with van der Waals surface area (Å²) in [5.41, 5.74) is 1.06. The van der Waals surface area contributed by atoms with Crippen molar-refractivity contribution >= 4 is 29.3 Å². The van der Waals surface area contributed by atoms with Crippen molar-refractivity contribution in [3.63, 3.8) is 0 Å². The molecule has 0 radical (unpaired) electrons. The van der Waals surface area contributed by atoms with Crippen LogP contribution in [-0.2, 0) is 6.54 Å². The number of rotatable bonds is 4. The van der Waals surface area contributed by atoms with Crippen molar-refractivity contribution in [1.29, 1.82) is 0 Å². The number of para-hydroxylation sites is 1. The predicted octanol–water partition coefficient (Wildman–Crippen LogP) is 2.75. The first kappa shape index (κ1) is 14.8. The van der Waals surface area contributed by atoms with E-state index in [9.17, 15) is 9.59 Å². The van der Waals surface area contributed by atoms with Gasteiger partial charge in [-0.15, -0.1) is 0 Å². The van der Waals surface area contributed by atoms with Crippen LogP contribution in [0.2, 0.25) is 5.02 Å². The molecule has 1 aromatic carbocycles. The van der Waals surface area contributed by atoms with Gasteiger partial charge in [0.1, 0.15) is 0 Å². The molecule has 2 rings (SSSR count). The number of pyridine rings is 1. The smallest absolute Gasteiger partial charge is 0.335 e. The SMILES string of the molecule is O=C(NCc1cc(C(=O)O)ccn1)Nc1ccccc1Cl. The predicted molar refractivity (Wildman–Crippen MR) is 78.5 cm³/mol. The number of amides is 2. The van der Waals surface area contributed by atoms with Gasteiger partial charge < -0.3 is 15.7 Å². The van der Waals surface area contributed by atoms with Crippen LogP contribution >= 0.6 is 11.6 Å². The summed E-state index contributed by atoms with van der Waals surface area (Å²) in [5, 5.41) is 14.5. The quantitative estimate of drug-likeness (QED) is 0.810. The van der Waals surface area contributed by atoms with Crippen LogP contribution in [0.4, 0.5) is 10.5 Å². The van der Waals surface area contributed by atoms with E-state index in [4.69, 9.17) is 16.7 Å². The number of anilines is 1. The maximum absolute atomic E-state index is 11.7. The molecule has 3 N–H and O–H groups in total. The van der Waals surface area contributed by atoms with Gasteiger partial charge in [-0.2, -0.15) is 0 Å². The number of nitrogens with zero attached hydrogens (tertiary/aromatic N) is 1. The summed E-state index contributed by atoms with van der Waals surface area (Å²) in [6.07, 6.45) is 1.38. The molecule has 2 aromatic rings. The molecule has 1 heterocycles. The summed E-state index contributed by atoms with van der Waals surface area (Å²) >= 11 is 5.92. The van der Waals surface area contributed by atoms with E-state index in [1.165, 1.54) is 18.3 Å². The Morgan fingerprint density at radius 1 is 1.24 bits per heavy atom. The minimum absolute atomic E-state index is 0.109. The van der Waals surface area contributed by atoms with Gasteiger partial charge in [-0.25, -0.2) is 9.59 Å². The van der Waals surface area contributed by atoms with Gasteiger partial charge in [0, 0.05) is 6.20 Å². The van der Waals surface area contributed by atoms with E-state index in [2.05, 4.69) is 15.6 Å². The number of hydrogen-bond donors (Lipinski definition) is 3. The van der Waals surface area contributed by atoms with Crippen molar-refractivity contribution in [1.82, 2.24) is 10.3 Å².